The molecular weight excluding hydrogens is 278 g/mol. The van der Waals surface area contributed by atoms with Crippen LogP contribution in [0.25, 0.3) is 5.65 Å². The van der Waals surface area contributed by atoms with Crippen molar-refractivity contribution in [1.82, 2.24) is 19.7 Å². The van der Waals surface area contributed by atoms with Crippen molar-refractivity contribution in [1.29, 1.82) is 0 Å². The van der Waals surface area contributed by atoms with Crippen molar-refractivity contribution in [2.75, 3.05) is 12.4 Å². The van der Waals surface area contributed by atoms with Crippen molar-refractivity contribution in [2.24, 2.45) is 0 Å². The fourth-order valence-corrected chi connectivity index (χ4v) is 2.32. The zero-order valence-electron chi connectivity index (χ0n) is 12.5. The zero-order valence-corrected chi connectivity index (χ0v) is 12.5. The number of carbonyl (C=O) groups excluding carboxylic acids is 1. The highest BCUT2D eigenvalue weighted by molar-refractivity contribution is 5.98. The van der Waals surface area contributed by atoms with Crippen LogP contribution >= 0.6 is 0 Å². The Hall–Kier alpha value is -2.89. The fraction of sp³-hybridized carbons (Fsp3) is 0.188. The first-order chi connectivity index (χ1) is 10.7. The third kappa shape index (κ3) is 2.63. The largest absolute Gasteiger partial charge is 0.364 e. The van der Waals surface area contributed by atoms with Gasteiger partial charge in [-0.05, 0) is 31.2 Å². The number of hydrogen-bond acceptors (Lipinski definition) is 4. The number of pyridine rings is 2. The summed E-state index contributed by atoms with van der Waals surface area (Å²) in [4.78, 5) is 20.6. The molecule has 0 fully saturated rings. The molecule has 0 aliphatic rings. The Morgan fingerprint density at radius 3 is 2.91 bits per heavy atom. The molecule has 2 N–H and O–H groups in total. The maximum absolute atomic E-state index is 11.8. The lowest BCUT2D eigenvalue weighted by molar-refractivity contribution is 0.0963. The number of nitrogens with one attached hydrogen (secondary N) is 2. The van der Waals surface area contributed by atoms with Crippen LogP contribution in [0, 0.1) is 6.92 Å². The van der Waals surface area contributed by atoms with Gasteiger partial charge in [0.15, 0.2) is 0 Å². The molecule has 0 bridgehead atoms. The Balaban J connectivity index is 1.82. The molecule has 0 atom stereocenters. The van der Waals surface area contributed by atoms with Crippen LogP contribution in [-0.4, -0.2) is 27.3 Å². The van der Waals surface area contributed by atoms with Crippen LogP contribution in [0.15, 0.2) is 42.7 Å². The van der Waals surface area contributed by atoms with Gasteiger partial charge in [0.05, 0.1) is 17.8 Å². The van der Waals surface area contributed by atoms with Gasteiger partial charge in [-0.25, -0.2) is 9.97 Å². The van der Waals surface area contributed by atoms with Gasteiger partial charge >= 0.3 is 0 Å². The topological polar surface area (TPSA) is 71.3 Å². The standard InChI is InChI=1S/C16H17N5O/c1-11-5-3-7-14-20-12(10-21(11)14)9-19-15-13(16(22)17-2)6-4-8-18-15/h3-8,10H,9H2,1-2H3,(H,17,22)(H,18,19). The Morgan fingerprint density at radius 1 is 1.27 bits per heavy atom. The number of amides is 1. The van der Waals surface area contributed by atoms with Gasteiger partial charge in [-0.15, -0.1) is 0 Å². The maximum Gasteiger partial charge on any atom is 0.254 e. The van der Waals surface area contributed by atoms with E-state index < -0.39 is 0 Å². The van der Waals surface area contributed by atoms with Crippen LogP contribution in [-0.2, 0) is 6.54 Å². The summed E-state index contributed by atoms with van der Waals surface area (Å²) in [6, 6.07) is 9.46. The second-order valence-electron chi connectivity index (χ2n) is 4.96. The summed E-state index contributed by atoms with van der Waals surface area (Å²) in [6.45, 7) is 2.54. The molecule has 0 aliphatic heterocycles. The average Bonchev–Trinajstić information content (AvgIpc) is 2.97. The molecule has 6 heteroatoms. The highest BCUT2D eigenvalue weighted by Crippen LogP contribution is 2.14. The summed E-state index contributed by atoms with van der Waals surface area (Å²) in [6.07, 6.45) is 3.64. The average molecular weight is 295 g/mol. The number of rotatable bonds is 4. The first-order valence-corrected chi connectivity index (χ1v) is 7.03. The molecule has 0 spiro atoms. The maximum atomic E-state index is 11.8. The molecule has 3 rings (SSSR count). The summed E-state index contributed by atoms with van der Waals surface area (Å²) < 4.78 is 2.04. The van der Waals surface area contributed by atoms with Crippen molar-refractivity contribution in [3.63, 3.8) is 0 Å². The fourth-order valence-electron chi connectivity index (χ4n) is 2.32. The molecule has 3 heterocycles. The van der Waals surface area contributed by atoms with Crippen LogP contribution in [0.1, 0.15) is 21.7 Å². The minimum Gasteiger partial charge on any atom is -0.364 e. The summed E-state index contributed by atoms with van der Waals surface area (Å²) in [5.41, 5.74) is 3.44. The van der Waals surface area contributed by atoms with Crippen LogP contribution in [0.2, 0.25) is 0 Å². The third-order valence-corrected chi connectivity index (χ3v) is 3.46. The van der Waals surface area contributed by atoms with E-state index in [4.69, 9.17) is 0 Å². The lowest BCUT2D eigenvalue weighted by Crippen LogP contribution is -2.20. The molecule has 0 saturated carbocycles. The minimum absolute atomic E-state index is 0.165. The van der Waals surface area contributed by atoms with Crippen molar-refractivity contribution < 1.29 is 4.79 Å². The summed E-state index contributed by atoms with van der Waals surface area (Å²) in [5.74, 6) is 0.386. The van der Waals surface area contributed by atoms with Crippen LogP contribution in [0.4, 0.5) is 5.82 Å². The molecule has 0 unspecified atom stereocenters. The first kappa shape index (κ1) is 14.1. The Bertz CT molecular complexity index is 824. The smallest absolute Gasteiger partial charge is 0.254 e. The summed E-state index contributed by atoms with van der Waals surface area (Å²) in [7, 11) is 1.60. The van der Waals surface area contributed by atoms with E-state index in [0.29, 0.717) is 17.9 Å². The van der Waals surface area contributed by atoms with Gasteiger partial charge in [-0.3, -0.25) is 4.79 Å². The van der Waals surface area contributed by atoms with Crippen LogP contribution in [0.3, 0.4) is 0 Å². The van der Waals surface area contributed by atoms with E-state index in [1.807, 2.05) is 35.7 Å². The second kappa shape index (κ2) is 5.85. The monoisotopic (exact) mass is 295 g/mol. The minimum atomic E-state index is -0.165. The molecule has 3 aromatic rings. The predicted octanol–water partition coefficient (Wildman–Crippen LogP) is 2.01. The lowest BCUT2D eigenvalue weighted by atomic mass is 10.2. The van der Waals surface area contributed by atoms with Gasteiger partial charge in [0.2, 0.25) is 0 Å². The Morgan fingerprint density at radius 2 is 2.14 bits per heavy atom. The van der Waals surface area contributed by atoms with E-state index in [0.717, 1.165) is 17.0 Å². The summed E-state index contributed by atoms with van der Waals surface area (Å²) in [5, 5.41) is 5.79. The molecule has 0 aromatic carbocycles. The predicted molar refractivity (Wildman–Crippen MR) is 84.9 cm³/mol. The van der Waals surface area contributed by atoms with E-state index >= 15 is 0 Å². The number of anilines is 1. The van der Waals surface area contributed by atoms with E-state index in [2.05, 4.69) is 20.6 Å². The van der Waals surface area contributed by atoms with Crippen molar-refractivity contribution >= 4 is 17.4 Å². The highest BCUT2D eigenvalue weighted by atomic mass is 16.1. The molecule has 0 radical (unpaired) electrons. The molecule has 0 saturated heterocycles. The van der Waals surface area contributed by atoms with E-state index in [1.165, 1.54) is 0 Å². The first-order valence-electron chi connectivity index (χ1n) is 7.03. The number of aromatic nitrogens is 3. The highest BCUT2D eigenvalue weighted by Gasteiger charge is 2.11. The van der Waals surface area contributed by atoms with Gasteiger partial charge in [0.25, 0.3) is 5.91 Å². The van der Waals surface area contributed by atoms with Crippen molar-refractivity contribution in [3.05, 3.63) is 59.7 Å². The lowest BCUT2D eigenvalue weighted by Gasteiger charge is -2.08. The number of imidazole rings is 1. The molecule has 6 nitrogen and oxygen atoms in total. The van der Waals surface area contributed by atoms with Crippen molar-refractivity contribution in [3.8, 4) is 0 Å². The normalized spacial score (nSPS) is 10.6. The quantitative estimate of drug-likeness (QED) is 0.772. The molecule has 0 aliphatic carbocycles. The van der Waals surface area contributed by atoms with Crippen LogP contribution in [0.5, 0.6) is 0 Å². The number of aryl methyl sites for hydroxylation is 1. The number of carbonyl (C=O) groups is 1. The van der Waals surface area contributed by atoms with Gasteiger partial charge in [-0.2, -0.15) is 0 Å². The van der Waals surface area contributed by atoms with Gasteiger partial charge < -0.3 is 15.0 Å². The van der Waals surface area contributed by atoms with Crippen LogP contribution < -0.4 is 10.6 Å². The molecule has 3 aromatic heterocycles. The summed E-state index contributed by atoms with van der Waals surface area (Å²) >= 11 is 0. The third-order valence-electron chi connectivity index (χ3n) is 3.46. The van der Waals surface area contributed by atoms with Gasteiger partial charge in [-0.1, -0.05) is 6.07 Å². The van der Waals surface area contributed by atoms with E-state index in [9.17, 15) is 4.79 Å². The molecule has 112 valence electrons. The van der Waals surface area contributed by atoms with Gasteiger partial charge in [0.1, 0.15) is 11.5 Å². The Labute approximate surface area is 128 Å². The van der Waals surface area contributed by atoms with Crippen molar-refractivity contribution in [2.45, 2.75) is 13.5 Å². The van der Waals surface area contributed by atoms with E-state index in [-0.39, 0.29) is 5.91 Å². The SMILES string of the molecule is CNC(=O)c1cccnc1NCc1cn2c(C)cccc2n1. The molecule has 22 heavy (non-hydrogen) atoms. The Kier molecular flexibility index (Phi) is 3.74. The van der Waals surface area contributed by atoms with E-state index in [1.54, 1.807) is 25.4 Å². The molecular formula is C16H17N5O. The van der Waals surface area contributed by atoms with Gasteiger partial charge in [0, 0.05) is 25.1 Å². The number of hydrogen-bond donors (Lipinski definition) is 2. The number of fused-ring (bicyclic) bond motifs is 1. The number of nitrogens with zero attached hydrogens (tertiary/aromatic N) is 3. The zero-order chi connectivity index (χ0) is 15.5. The second-order valence-corrected chi connectivity index (χ2v) is 4.96. The molecule has 1 amide bonds.